The van der Waals surface area contributed by atoms with E-state index in [9.17, 15) is 4.79 Å². The van der Waals surface area contributed by atoms with Crippen LogP contribution in [0.15, 0.2) is 30.3 Å². The molecule has 0 N–H and O–H groups in total. The topological polar surface area (TPSA) is 26.3 Å². The third kappa shape index (κ3) is 7.79. The van der Waals surface area contributed by atoms with Gasteiger partial charge in [0.05, 0.1) is 6.42 Å². The quantitative estimate of drug-likeness (QED) is 0.755. The first-order valence-corrected chi connectivity index (χ1v) is 3.26. The number of hydrogen-bond donors (Lipinski definition) is 0. The molecule has 6 heteroatoms. The van der Waals surface area contributed by atoms with Gasteiger partial charge >= 0.3 is 8.05 Å². The minimum atomic E-state index is -0.420. The van der Waals surface area contributed by atoms with Crippen molar-refractivity contribution in [2.75, 3.05) is 0 Å². The molecule has 0 aliphatic heterocycles. The third-order valence-electron chi connectivity index (χ3n) is 1.32. The standard InChI is InChI=1S/C8H7BO2.Fe.Mn.Zn/c9-11-8(10)6-7-4-2-1-3-5-7;;;/h1-5H,6H2;;;. The summed E-state index contributed by atoms with van der Waals surface area (Å²) in [5.41, 5.74) is 0.906. The van der Waals surface area contributed by atoms with E-state index in [1.165, 1.54) is 0 Å². The molecular formula is C8H7BFeMnO2Zn. The van der Waals surface area contributed by atoms with Crippen LogP contribution in [-0.2, 0) is 69.5 Å². The Kier molecular flexibility index (Phi) is 16.3. The van der Waals surface area contributed by atoms with Gasteiger partial charge in [0.2, 0.25) is 0 Å². The van der Waals surface area contributed by atoms with E-state index in [4.69, 9.17) is 0 Å². The maximum atomic E-state index is 10.6. The molecule has 0 unspecified atom stereocenters. The predicted molar refractivity (Wildman–Crippen MR) is 42.0 cm³/mol. The Labute approximate surface area is 119 Å². The van der Waals surface area contributed by atoms with Crippen LogP contribution in [0.25, 0.3) is 0 Å². The van der Waals surface area contributed by atoms with Crippen LogP contribution in [0.1, 0.15) is 5.56 Å². The van der Waals surface area contributed by atoms with Gasteiger partial charge < -0.3 is 4.65 Å². The van der Waals surface area contributed by atoms with E-state index in [1.54, 1.807) is 0 Å². The van der Waals surface area contributed by atoms with Crippen molar-refractivity contribution >= 4 is 14.0 Å². The van der Waals surface area contributed by atoms with Crippen LogP contribution < -0.4 is 0 Å². The van der Waals surface area contributed by atoms with Crippen molar-refractivity contribution in [1.82, 2.24) is 0 Å². The van der Waals surface area contributed by atoms with Crippen LogP contribution in [-0.4, -0.2) is 14.0 Å². The second kappa shape index (κ2) is 11.5. The molecule has 1 rings (SSSR count). The normalized spacial score (nSPS) is 7.14. The van der Waals surface area contributed by atoms with Gasteiger partial charge in [-0.05, 0) is 5.56 Å². The molecule has 71 valence electrons. The molecule has 14 heavy (non-hydrogen) atoms. The summed E-state index contributed by atoms with van der Waals surface area (Å²) in [7, 11) is 4.67. The summed E-state index contributed by atoms with van der Waals surface area (Å²) in [6.07, 6.45) is 0.233. The molecule has 0 heterocycles. The Morgan fingerprint density at radius 3 is 2.21 bits per heavy atom. The van der Waals surface area contributed by atoms with E-state index in [-0.39, 0.29) is 60.0 Å². The second-order valence-electron chi connectivity index (χ2n) is 2.15. The molecule has 0 saturated carbocycles. The summed E-state index contributed by atoms with van der Waals surface area (Å²) in [6, 6.07) is 9.30. The predicted octanol–water partition coefficient (Wildman–Crippen LogP) is 0.848. The minimum absolute atomic E-state index is 0. The van der Waals surface area contributed by atoms with Gasteiger partial charge in [-0.25, -0.2) is 0 Å². The van der Waals surface area contributed by atoms with Gasteiger partial charge in [-0.3, -0.25) is 4.79 Å². The Morgan fingerprint density at radius 2 is 1.79 bits per heavy atom. The number of benzene rings is 1. The molecule has 0 amide bonds. The van der Waals surface area contributed by atoms with Crippen LogP contribution in [0.2, 0.25) is 0 Å². The smallest absolute Gasteiger partial charge is 0.378 e. The van der Waals surface area contributed by atoms with Crippen molar-refractivity contribution in [1.29, 1.82) is 0 Å². The van der Waals surface area contributed by atoms with Gasteiger partial charge in [0, 0.05) is 53.6 Å². The molecule has 3 radical (unpaired) electrons. The van der Waals surface area contributed by atoms with Crippen LogP contribution in [0.4, 0.5) is 0 Å². The molecule has 1 aromatic carbocycles. The van der Waals surface area contributed by atoms with E-state index in [2.05, 4.69) is 12.7 Å². The first kappa shape index (κ1) is 19.9. The van der Waals surface area contributed by atoms with Gasteiger partial charge in [0.25, 0.3) is 5.97 Å². The Balaban J connectivity index is -0.000000403. The van der Waals surface area contributed by atoms with Gasteiger partial charge in [0.15, 0.2) is 0 Å². The zero-order valence-electron chi connectivity index (χ0n) is 7.43. The van der Waals surface area contributed by atoms with E-state index < -0.39 is 5.97 Å². The zero-order valence-corrected chi connectivity index (χ0v) is 12.7. The summed E-state index contributed by atoms with van der Waals surface area (Å²) in [6.45, 7) is 0. The minimum Gasteiger partial charge on any atom is -0.543 e. The fourth-order valence-corrected chi connectivity index (χ4v) is 0.804. The molecule has 1 aromatic rings. The third-order valence-corrected chi connectivity index (χ3v) is 1.32. The molecule has 0 fully saturated rings. The van der Waals surface area contributed by atoms with Crippen LogP contribution in [0, 0.1) is 0 Å². The zero-order chi connectivity index (χ0) is 8.10. The monoisotopic (exact) mass is 321 g/mol. The molecular weight excluding hydrogens is 315 g/mol. The average Bonchev–Trinajstić information content (AvgIpc) is 2.06. The first-order chi connectivity index (χ1) is 5.33. The van der Waals surface area contributed by atoms with E-state index in [0.29, 0.717) is 0 Å². The van der Waals surface area contributed by atoms with Gasteiger partial charge in [-0.1, -0.05) is 30.3 Å². The SMILES string of the molecule is [B]OC(=O)Cc1ccccc1.[Fe].[Mn].[Zn]. The van der Waals surface area contributed by atoms with Crippen molar-refractivity contribution in [2.24, 2.45) is 0 Å². The van der Waals surface area contributed by atoms with Crippen molar-refractivity contribution in [2.45, 2.75) is 6.42 Å². The molecule has 0 saturated heterocycles. The average molecular weight is 322 g/mol. The molecule has 0 bridgehead atoms. The van der Waals surface area contributed by atoms with Crippen molar-refractivity contribution < 1.29 is 63.1 Å². The Bertz CT molecular complexity index is 248. The summed E-state index contributed by atoms with van der Waals surface area (Å²) in [5.74, 6) is -0.420. The number of carbonyl (C=O) groups is 1. The molecule has 0 aliphatic carbocycles. The van der Waals surface area contributed by atoms with Gasteiger partial charge in [-0.15, -0.1) is 0 Å². The summed E-state index contributed by atoms with van der Waals surface area (Å²) < 4.78 is 4.02. The summed E-state index contributed by atoms with van der Waals surface area (Å²) in [5, 5.41) is 0. The maximum Gasteiger partial charge on any atom is 0.378 e. The van der Waals surface area contributed by atoms with Crippen molar-refractivity contribution in [3.63, 3.8) is 0 Å². The molecule has 0 aromatic heterocycles. The largest absolute Gasteiger partial charge is 0.543 e. The Hall–Kier alpha value is 0.417. The van der Waals surface area contributed by atoms with Gasteiger partial charge in [0.1, 0.15) is 0 Å². The number of rotatable bonds is 2. The molecule has 2 nitrogen and oxygen atoms in total. The second-order valence-corrected chi connectivity index (χ2v) is 2.15. The molecule has 0 spiro atoms. The summed E-state index contributed by atoms with van der Waals surface area (Å²) >= 11 is 0. The fraction of sp³-hybridized carbons (Fsp3) is 0.125. The van der Waals surface area contributed by atoms with E-state index >= 15 is 0 Å². The van der Waals surface area contributed by atoms with Crippen molar-refractivity contribution in [3.05, 3.63) is 35.9 Å². The summed E-state index contributed by atoms with van der Waals surface area (Å²) in [4.78, 5) is 10.6. The Morgan fingerprint density at radius 1 is 1.29 bits per heavy atom. The molecule has 0 aliphatic rings. The van der Waals surface area contributed by atoms with Crippen LogP contribution >= 0.6 is 0 Å². The number of hydrogen-bond acceptors (Lipinski definition) is 2. The van der Waals surface area contributed by atoms with Crippen LogP contribution in [0.5, 0.6) is 0 Å². The van der Waals surface area contributed by atoms with Crippen LogP contribution in [0.3, 0.4) is 0 Å². The van der Waals surface area contributed by atoms with Gasteiger partial charge in [-0.2, -0.15) is 0 Å². The van der Waals surface area contributed by atoms with Crippen molar-refractivity contribution in [3.8, 4) is 0 Å². The molecule has 0 atom stereocenters. The fourth-order valence-electron chi connectivity index (χ4n) is 0.804. The maximum absolute atomic E-state index is 10.6. The first-order valence-electron chi connectivity index (χ1n) is 3.26. The number of carbonyl (C=O) groups excluding carboxylic acids is 1. The van der Waals surface area contributed by atoms with E-state index in [0.717, 1.165) is 5.56 Å². The van der Waals surface area contributed by atoms with E-state index in [1.807, 2.05) is 30.3 Å².